The Morgan fingerprint density at radius 2 is 1.88 bits per heavy atom. The van der Waals surface area contributed by atoms with Gasteiger partial charge in [0.2, 0.25) is 0 Å². The molecule has 3 aliphatic rings. The summed E-state index contributed by atoms with van der Waals surface area (Å²) in [7, 11) is 0. The Kier molecular flexibility index (Phi) is 6.96. The first kappa shape index (κ1) is 13.9. The number of allylic oxidation sites excluding steroid dienone is 8. The Labute approximate surface area is 118 Å². The van der Waals surface area contributed by atoms with Crippen molar-refractivity contribution >= 4 is 0 Å². The normalized spacial score (nSPS) is 21.6. The first-order valence-electron chi connectivity index (χ1n) is 5.96. The van der Waals surface area contributed by atoms with Gasteiger partial charge in [-0.25, -0.2) is 23.8 Å². The van der Waals surface area contributed by atoms with Crippen molar-refractivity contribution in [3.05, 3.63) is 48.1 Å². The third-order valence-electron chi connectivity index (χ3n) is 3.10. The van der Waals surface area contributed by atoms with Crippen LogP contribution < -0.4 is 0 Å². The molecular weight excluding hydrogens is 271 g/mol. The van der Waals surface area contributed by atoms with E-state index < -0.39 is 0 Å². The Hall–Kier alpha value is -0.157. The Morgan fingerprint density at radius 1 is 1.06 bits per heavy atom. The zero-order chi connectivity index (χ0) is 10.3. The van der Waals surface area contributed by atoms with Gasteiger partial charge in [-0.15, -0.1) is 12.8 Å². The molecule has 0 radical (unpaired) electrons. The fourth-order valence-electron chi connectivity index (χ4n) is 2.28. The molecule has 0 unspecified atom stereocenters. The Balaban J connectivity index is 0.000000183. The molecule has 0 saturated heterocycles. The molecule has 3 aliphatic carbocycles. The maximum absolute atomic E-state index is 3.40. The molecule has 3 rings (SSSR count). The molecule has 0 bridgehead atoms. The molecule has 1 fully saturated rings. The molecule has 82 valence electrons. The van der Waals surface area contributed by atoms with Crippen molar-refractivity contribution in [3.63, 3.8) is 0 Å². The van der Waals surface area contributed by atoms with E-state index in [1.165, 1.54) is 31.3 Å². The monoisotopic (exact) mass is 288 g/mol. The van der Waals surface area contributed by atoms with Crippen LogP contribution in [0.3, 0.4) is 0 Å². The predicted octanol–water partition coefficient (Wildman–Crippen LogP) is 4.17. The van der Waals surface area contributed by atoms with Crippen molar-refractivity contribution in [1.82, 2.24) is 0 Å². The Bertz CT molecular complexity index is 291. The molecule has 0 heterocycles. The van der Waals surface area contributed by atoms with E-state index in [1.807, 2.05) is 12.2 Å². The largest absolute Gasteiger partial charge is 2.00 e. The van der Waals surface area contributed by atoms with E-state index >= 15 is 0 Å². The molecule has 0 nitrogen and oxygen atoms in total. The molecule has 1 saturated carbocycles. The van der Waals surface area contributed by atoms with Gasteiger partial charge >= 0.3 is 26.2 Å². The van der Waals surface area contributed by atoms with Gasteiger partial charge in [0, 0.05) is 0 Å². The minimum atomic E-state index is 0. The summed E-state index contributed by atoms with van der Waals surface area (Å²) < 4.78 is 0. The van der Waals surface area contributed by atoms with Gasteiger partial charge in [0.25, 0.3) is 0 Å². The summed E-state index contributed by atoms with van der Waals surface area (Å²) in [5.74, 6) is 0.874. The van der Waals surface area contributed by atoms with E-state index in [2.05, 4.69) is 30.4 Å². The molecule has 1 heteroatoms. The van der Waals surface area contributed by atoms with Gasteiger partial charge in [0.05, 0.1) is 0 Å². The van der Waals surface area contributed by atoms with Crippen LogP contribution in [0.1, 0.15) is 38.5 Å². The van der Waals surface area contributed by atoms with Crippen LogP contribution >= 0.6 is 0 Å². The van der Waals surface area contributed by atoms with E-state index in [-0.39, 0.29) is 26.2 Å². The summed E-state index contributed by atoms with van der Waals surface area (Å²) in [6.45, 7) is 0. The van der Waals surface area contributed by atoms with Crippen LogP contribution in [0.5, 0.6) is 0 Å². The minimum Gasteiger partial charge on any atom is -0.273 e. The zero-order valence-electron chi connectivity index (χ0n) is 9.71. The molecule has 16 heavy (non-hydrogen) atoms. The molecule has 0 aromatic carbocycles. The SMILES string of the molecule is [C-]1=C(C2CCCC2)C=CC1.[C-]1=CC=CC1.[Zr+2]. The van der Waals surface area contributed by atoms with Crippen LogP contribution in [0.15, 0.2) is 36.0 Å². The fraction of sp³-hybridized carbons (Fsp3) is 0.467. The quantitative estimate of drug-likeness (QED) is 0.636. The van der Waals surface area contributed by atoms with Crippen molar-refractivity contribution < 1.29 is 26.2 Å². The molecule has 0 amide bonds. The van der Waals surface area contributed by atoms with Crippen molar-refractivity contribution in [2.24, 2.45) is 5.92 Å². The summed E-state index contributed by atoms with van der Waals surface area (Å²) in [5, 5.41) is 0. The van der Waals surface area contributed by atoms with Gasteiger partial charge in [-0.3, -0.25) is 12.2 Å². The number of hydrogen-bond acceptors (Lipinski definition) is 0. The first-order chi connectivity index (χ1) is 7.47. The van der Waals surface area contributed by atoms with Crippen LogP contribution in [0.4, 0.5) is 0 Å². The van der Waals surface area contributed by atoms with Gasteiger partial charge in [0.15, 0.2) is 0 Å². The van der Waals surface area contributed by atoms with Crippen LogP contribution in [-0.2, 0) is 26.2 Å². The molecule has 0 atom stereocenters. The topological polar surface area (TPSA) is 0 Å². The van der Waals surface area contributed by atoms with Crippen LogP contribution in [-0.4, -0.2) is 0 Å². The van der Waals surface area contributed by atoms with Crippen molar-refractivity contribution in [2.45, 2.75) is 38.5 Å². The summed E-state index contributed by atoms with van der Waals surface area (Å²) in [5.41, 5.74) is 1.50. The van der Waals surface area contributed by atoms with Gasteiger partial charge in [-0.1, -0.05) is 12.8 Å². The fourth-order valence-corrected chi connectivity index (χ4v) is 2.28. The van der Waals surface area contributed by atoms with Crippen LogP contribution in [0, 0.1) is 18.1 Å². The second-order valence-electron chi connectivity index (χ2n) is 4.22. The standard InChI is InChI=1S/C10H13.C5H5.Zr/c1-2-6-9(5-1)10-7-3-4-8-10;1-2-4-5-3-1;/h1,5,10H,2-4,7-8H2;1-3H,4H2;/q2*-1;+2. The molecule has 0 aromatic heterocycles. The molecule has 0 aliphatic heterocycles. The second kappa shape index (κ2) is 8.01. The van der Waals surface area contributed by atoms with Gasteiger partial charge in [-0.2, -0.15) is 12.2 Å². The molecule has 0 aromatic rings. The van der Waals surface area contributed by atoms with Gasteiger partial charge in [0.1, 0.15) is 0 Å². The van der Waals surface area contributed by atoms with Gasteiger partial charge < -0.3 is 0 Å². The van der Waals surface area contributed by atoms with Crippen LogP contribution in [0.25, 0.3) is 0 Å². The molecule has 0 spiro atoms. The maximum atomic E-state index is 3.40. The van der Waals surface area contributed by atoms with E-state index in [9.17, 15) is 0 Å². The van der Waals surface area contributed by atoms with Gasteiger partial charge in [-0.05, 0) is 18.8 Å². The first-order valence-corrected chi connectivity index (χ1v) is 5.96. The number of hydrogen-bond donors (Lipinski definition) is 0. The van der Waals surface area contributed by atoms with Crippen LogP contribution in [0.2, 0.25) is 0 Å². The van der Waals surface area contributed by atoms with E-state index in [0.29, 0.717) is 0 Å². The van der Waals surface area contributed by atoms with Crippen molar-refractivity contribution in [3.8, 4) is 0 Å². The van der Waals surface area contributed by atoms with Crippen molar-refractivity contribution in [2.75, 3.05) is 0 Å². The molecule has 0 N–H and O–H groups in total. The maximum Gasteiger partial charge on any atom is 2.00 e. The minimum absolute atomic E-state index is 0. The molecular formula is C15H18Zr. The third kappa shape index (κ3) is 4.38. The van der Waals surface area contributed by atoms with Crippen molar-refractivity contribution in [1.29, 1.82) is 0 Å². The summed E-state index contributed by atoms with van der Waals surface area (Å²) in [6.07, 6.45) is 24.6. The van der Waals surface area contributed by atoms with E-state index in [4.69, 9.17) is 0 Å². The zero-order valence-corrected chi connectivity index (χ0v) is 12.2. The average Bonchev–Trinajstić information content (AvgIpc) is 3.06. The number of rotatable bonds is 1. The van der Waals surface area contributed by atoms with E-state index in [0.717, 1.165) is 18.8 Å². The summed E-state index contributed by atoms with van der Waals surface area (Å²) in [4.78, 5) is 0. The smallest absolute Gasteiger partial charge is 0.273 e. The van der Waals surface area contributed by atoms with E-state index in [1.54, 1.807) is 0 Å². The summed E-state index contributed by atoms with van der Waals surface area (Å²) >= 11 is 0. The second-order valence-corrected chi connectivity index (χ2v) is 4.22. The average molecular weight is 290 g/mol. The third-order valence-corrected chi connectivity index (χ3v) is 3.10. The summed E-state index contributed by atoms with van der Waals surface area (Å²) in [6, 6.07) is 0. The Morgan fingerprint density at radius 3 is 2.31 bits per heavy atom. The predicted molar refractivity (Wildman–Crippen MR) is 64.0 cm³/mol.